The molecule has 0 aliphatic carbocycles. The molecular weight excluding hydrogens is 248 g/mol. The number of hydrogen-bond acceptors (Lipinski definition) is 5. The van der Waals surface area contributed by atoms with Gasteiger partial charge in [0.05, 0.1) is 6.54 Å². The van der Waals surface area contributed by atoms with E-state index in [-0.39, 0.29) is 5.91 Å². The highest BCUT2D eigenvalue weighted by Gasteiger charge is 2.06. The number of amides is 1. The van der Waals surface area contributed by atoms with Crippen LogP contribution in [-0.4, -0.2) is 22.6 Å². The van der Waals surface area contributed by atoms with Gasteiger partial charge in [0.2, 0.25) is 0 Å². The Morgan fingerprint density at radius 2 is 2.22 bits per heavy atom. The predicted octanol–water partition coefficient (Wildman–Crippen LogP) is 1.90. The third-order valence-electron chi connectivity index (χ3n) is 2.26. The van der Waals surface area contributed by atoms with Crippen molar-refractivity contribution in [2.45, 2.75) is 13.5 Å². The van der Waals surface area contributed by atoms with Crippen molar-refractivity contribution in [2.75, 3.05) is 11.9 Å². The maximum Gasteiger partial charge on any atom is 0.271 e. The number of thiophene rings is 1. The van der Waals surface area contributed by atoms with E-state index in [4.69, 9.17) is 0 Å². The second-order valence-corrected chi connectivity index (χ2v) is 4.63. The van der Waals surface area contributed by atoms with Crippen LogP contribution < -0.4 is 10.6 Å². The van der Waals surface area contributed by atoms with E-state index >= 15 is 0 Å². The molecule has 1 amide bonds. The molecule has 0 unspecified atom stereocenters. The molecule has 0 spiro atoms. The predicted molar refractivity (Wildman–Crippen MR) is 71.7 cm³/mol. The van der Waals surface area contributed by atoms with Gasteiger partial charge >= 0.3 is 0 Å². The van der Waals surface area contributed by atoms with E-state index in [9.17, 15) is 4.79 Å². The van der Waals surface area contributed by atoms with E-state index in [1.165, 1.54) is 4.88 Å². The third-order valence-corrected chi connectivity index (χ3v) is 3.13. The summed E-state index contributed by atoms with van der Waals surface area (Å²) >= 11 is 1.68. The van der Waals surface area contributed by atoms with Crippen LogP contribution in [0.1, 0.15) is 22.3 Å². The first-order chi connectivity index (χ1) is 8.79. The highest BCUT2D eigenvalue weighted by molar-refractivity contribution is 7.09. The monoisotopic (exact) mass is 262 g/mol. The van der Waals surface area contributed by atoms with E-state index in [0.29, 0.717) is 24.6 Å². The summed E-state index contributed by atoms with van der Waals surface area (Å²) in [5.41, 5.74) is 0.332. The third kappa shape index (κ3) is 3.27. The summed E-state index contributed by atoms with van der Waals surface area (Å²) in [5, 5.41) is 15.7. The quantitative estimate of drug-likeness (QED) is 0.863. The molecule has 0 aromatic carbocycles. The Hall–Kier alpha value is -1.95. The first-order valence-corrected chi connectivity index (χ1v) is 6.55. The van der Waals surface area contributed by atoms with E-state index in [2.05, 4.69) is 20.8 Å². The van der Waals surface area contributed by atoms with Gasteiger partial charge in [0.1, 0.15) is 5.82 Å². The Morgan fingerprint density at radius 3 is 2.83 bits per heavy atom. The molecule has 0 aliphatic heterocycles. The van der Waals surface area contributed by atoms with E-state index < -0.39 is 0 Å². The van der Waals surface area contributed by atoms with Crippen molar-refractivity contribution < 1.29 is 4.79 Å². The van der Waals surface area contributed by atoms with Crippen molar-refractivity contribution in [1.82, 2.24) is 15.5 Å². The molecule has 2 N–H and O–H groups in total. The average molecular weight is 262 g/mol. The molecule has 94 valence electrons. The van der Waals surface area contributed by atoms with Crippen molar-refractivity contribution in [3.05, 3.63) is 40.2 Å². The van der Waals surface area contributed by atoms with Gasteiger partial charge in [-0.05, 0) is 30.5 Å². The van der Waals surface area contributed by atoms with Crippen LogP contribution in [0.15, 0.2) is 29.6 Å². The fraction of sp³-hybridized carbons (Fsp3) is 0.250. The van der Waals surface area contributed by atoms with Gasteiger partial charge < -0.3 is 10.6 Å². The van der Waals surface area contributed by atoms with Crippen LogP contribution >= 0.6 is 11.3 Å². The molecule has 2 aromatic heterocycles. The standard InChI is InChI=1S/C12H14N4OS/c1-2-13-12(17)10-5-6-11(16-15-10)14-8-9-4-3-7-18-9/h3-7H,2,8H2,1H3,(H,13,17)(H,14,16). The Bertz CT molecular complexity index is 495. The number of anilines is 1. The zero-order valence-corrected chi connectivity index (χ0v) is 10.8. The largest absolute Gasteiger partial charge is 0.364 e. The smallest absolute Gasteiger partial charge is 0.271 e. The van der Waals surface area contributed by atoms with Crippen LogP contribution in [0.3, 0.4) is 0 Å². The lowest BCUT2D eigenvalue weighted by Crippen LogP contribution is -2.24. The highest BCUT2D eigenvalue weighted by Crippen LogP contribution is 2.10. The summed E-state index contributed by atoms with van der Waals surface area (Å²) in [5.74, 6) is 0.464. The number of hydrogen-bond donors (Lipinski definition) is 2. The maximum atomic E-state index is 11.5. The van der Waals surface area contributed by atoms with Gasteiger partial charge in [-0.2, -0.15) is 0 Å². The molecule has 2 aromatic rings. The normalized spacial score (nSPS) is 10.1. The maximum absolute atomic E-state index is 11.5. The van der Waals surface area contributed by atoms with Crippen molar-refractivity contribution in [3.8, 4) is 0 Å². The lowest BCUT2D eigenvalue weighted by Gasteiger charge is -2.04. The summed E-state index contributed by atoms with van der Waals surface area (Å²) in [7, 11) is 0. The van der Waals surface area contributed by atoms with Crippen LogP contribution in [0.5, 0.6) is 0 Å². The van der Waals surface area contributed by atoms with Crippen LogP contribution in [0, 0.1) is 0 Å². The summed E-state index contributed by atoms with van der Waals surface area (Å²) in [6, 6.07) is 7.47. The molecular formula is C12H14N4OS. The van der Waals surface area contributed by atoms with Gasteiger partial charge in [-0.15, -0.1) is 21.5 Å². The van der Waals surface area contributed by atoms with E-state index in [1.807, 2.05) is 24.4 Å². The molecule has 0 bridgehead atoms. The van der Waals surface area contributed by atoms with Crippen LogP contribution in [0.4, 0.5) is 5.82 Å². The van der Waals surface area contributed by atoms with Gasteiger partial charge in [-0.1, -0.05) is 6.07 Å². The molecule has 0 saturated heterocycles. The van der Waals surface area contributed by atoms with Crippen LogP contribution in [0.2, 0.25) is 0 Å². The van der Waals surface area contributed by atoms with E-state index in [0.717, 1.165) is 0 Å². The second-order valence-electron chi connectivity index (χ2n) is 3.60. The number of nitrogens with one attached hydrogen (secondary N) is 2. The second kappa shape index (κ2) is 6.11. The first-order valence-electron chi connectivity index (χ1n) is 5.67. The Labute approximate surface area is 109 Å². The van der Waals surface area contributed by atoms with E-state index in [1.54, 1.807) is 23.5 Å². The topological polar surface area (TPSA) is 66.9 Å². The molecule has 5 nitrogen and oxygen atoms in total. The molecule has 2 heterocycles. The van der Waals surface area contributed by atoms with Gasteiger partial charge in [-0.3, -0.25) is 4.79 Å². The molecule has 18 heavy (non-hydrogen) atoms. The Kier molecular flexibility index (Phi) is 4.25. The molecule has 6 heteroatoms. The van der Waals surface area contributed by atoms with Gasteiger partial charge in [0, 0.05) is 11.4 Å². The molecule has 0 fully saturated rings. The van der Waals surface area contributed by atoms with Gasteiger partial charge in [0.15, 0.2) is 5.69 Å². The molecule has 0 aliphatic rings. The molecule has 0 atom stereocenters. The fourth-order valence-electron chi connectivity index (χ4n) is 1.39. The fourth-order valence-corrected chi connectivity index (χ4v) is 2.03. The first kappa shape index (κ1) is 12.5. The minimum absolute atomic E-state index is 0.199. The summed E-state index contributed by atoms with van der Waals surface area (Å²) in [6.07, 6.45) is 0. The Balaban J connectivity index is 1.93. The SMILES string of the molecule is CCNC(=O)c1ccc(NCc2cccs2)nn1. The number of nitrogens with zero attached hydrogens (tertiary/aromatic N) is 2. The van der Waals surface area contributed by atoms with Crippen molar-refractivity contribution in [2.24, 2.45) is 0 Å². The Morgan fingerprint density at radius 1 is 1.33 bits per heavy atom. The number of carbonyl (C=O) groups is 1. The summed E-state index contributed by atoms with van der Waals surface area (Å²) in [4.78, 5) is 12.7. The molecule has 0 radical (unpaired) electrons. The zero-order chi connectivity index (χ0) is 12.8. The molecule has 2 rings (SSSR count). The van der Waals surface area contributed by atoms with Crippen LogP contribution in [0.25, 0.3) is 0 Å². The van der Waals surface area contributed by atoms with Crippen molar-refractivity contribution in [1.29, 1.82) is 0 Å². The summed E-state index contributed by atoms with van der Waals surface area (Å²) in [6.45, 7) is 3.16. The lowest BCUT2D eigenvalue weighted by molar-refractivity contribution is 0.0950. The van der Waals surface area contributed by atoms with Crippen molar-refractivity contribution in [3.63, 3.8) is 0 Å². The number of aromatic nitrogens is 2. The summed E-state index contributed by atoms with van der Waals surface area (Å²) < 4.78 is 0. The zero-order valence-electron chi connectivity index (χ0n) is 10.0. The minimum atomic E-state index is -0.199. The number of rotatable bonds is 5. The van der Waals surface area contributed by atoms with Gasteiger partial charge in [-0.25, -0.2) is 0 Å². The lowest BCUT2D eigenvalue weighted by atomic mass is 10.3. The van der Waals surface area contributed by atoms with Crippen LogP contribution in [-0.2, 0) is 6.54 Å². The number of carbonyl (C=O) groups excluding carboxylic acids is 1. The van der Waals surface area contributed by atoms with Crippen molar-refractivity contribution >= 4 is 23.1 Å². The minimum Gasteiger partial charge on any atom is -0.364 e. The average Bonchev–Trinajstić information content (AvgIpc) is 2.90. The van der Waals surface area contributed by atoms with Gasteiger partial charge in [0.25, 0.3) is 5.91 Å². The molecule has 0 saturated carbocycles. The highest BCUT2D eigenvalue weighted by atomic mass is 32.1.